The molecule has 0 aromatic rings. The maximum absolute atomic E-state index is 12.0. The van der Waals surface area contributed by atoms with Crippen molar-refractivity contribution in [3.05, 3.63) is 0 Å². The molecule has 0 saturated heterocycles. The van der Waals surface area contributed by atoms with Gasteiger partial charge in [-0.2, -0.15) is 0 Å². The fraction of sp³-hybridized carbons (Fsp3) is 0.750. The Kier molecular flexibility index (Phi) is 5.98. The highest BCUT2D eigenvalue weighted by Crippen LogP contribution is 2.02. The van der Waals surface area contributed by atoms with E-state index in [2.05, 4.69) is 0 Å². The zero-order chi connectivity index (χ0) is 11.1. The van der Waals surface area contributed by atoms with Crippen LogP contribution < -0.4 is 11.5 Å². The molecule has 1 unspecified atom stereocenters. The predicted molar refractivity (Wildman–Crippen MR) is 51.1 cm³/mol. The van der Waals surface area contributed by atoms with E-state index in [-0.39, 0.29) is 12.1 Å². The Balaban J connectivity index is 3.64. The summed E-state index contributed by atoms with van der Waals surface area (Å²) < 4.78 is 12.0. The molecular weight excluding hydrogens is 189 g/mol. The third-order valence-corrected chi connectivity index (χ3v) is 1.89. The van der Waals surface area contributed by atoms with Gasteiger partial charge in [-0.1, -0.05) is 0 Å². The van der Waals surface area contributed by atoms with Gasteiger partial charge in [-0.05, 0) is 19.3 Å². The average molecular weight is 205 g/mol. The summed E-state index contributed by atoms with van der Waals surface area (Å²) in [7, 11) is 0. The largest absolute Gasteiger partial charge is 0.480 e. The van der Waals surface area contributed by atoms with Crippen molar-refractivity contribution in [2.75, 3.05) is 6.67 Å². The van der Waals surface area contributed by atoms with Gasteiger partial charge in [0.25, 0.3) is 0 Å². The molecule has 2 atom stereocenters. The molecule has 0 aromatic carbocycles. The lowest BCUT2D eigenvalue weighted by atomic mass is 10.0. The van der Waals surface area contributed by atoms with Crippen LogP contribution in [-0.4, -0.2) is 35.5 Å². The fourth-order valence-electron chi connectivity index (χ4n) is 0.914. The maximum Gasteiger partial charge on any atom is 0.320 e. The summed E-state index contributed by atoms with van der Waals surface area (Å²) in [6.45, 7) is -0.760. The van der Waals surface area contributed by atoms with Crippen LogP contribution >= 0.6 is 0 Å². The van der Waals surface area contributed by atoms with Crippen molar-refractivity contribution in [3.63, 3.8) is 0 Å². The smallest absolute Gasteiger partial charge is 0.320 e. The Bertz CT molecular complexity index is 211. The number of rotatable bonds is 7. The van der Waals surface area contributed by atoms with Gasteiger partial charge in [-0.15, -0.1) is 0 Å². The first-order chi connectivity index (χ1) is 6.49. The number of nitrogens with one attached hydrogen (secondary N) is 1. The number of hydrogen-bond donors (Lipinski definition) is 4. The number of nitrogens with two attached hydrogens (primary N) is 2. The zero-order valence-electron chi connectivity index (χ0n) is 7.87. The van der Waals surface area contributed by atoms with E-state index in [1.807, 2.05) is 0 Å². The van der Waals surface area contributed by atoms with Gasteiger partial charge >= 0.3 is 5.97 Å². The Morgan fingerprint density at radius 2 is 2.00 bits per heavy atom. The molecule has 0 aliphatic rings. The quantitative estimate of drug-likeness (QED) is 0.434. The molecule has 0 saturated carbocycles. The van der Waals surface area contributed by atoms with E-state index in [0.29, 0.717) is 12.8 Å². The van der Waals surface area contributed by atoms with Crippen molar-refractivity contribution < 1.29 is 14.3 Å². The van der Waals surface area contributed by atoms with E-state index in [0.717, 1.165) is 0 Å². The Morgan fingerprint density at radius 3 is 2.43 bits per heavy atom. The number of hydrogen-bond acceptors (Lipinski definition) is 4. The van der Waals surface area contributed by atoms with Crippen LogP contribution in [-0.2, 0) is 4.79 Å². The molecule has 0 heterocycles. The van der Waals surface area contributed by atoms with E-state index in [9.17, 15) is 9.18 Å². The van der Waals surface area contributed by atoms with Gasteiger partial charge in [0.2, 0.25) is 0 Å². The van der Waals surface area contributed by atoms with E-state index >= 15 is 0 Å². The van der Waals surface area contributed by atoms with Crippen LogP contribution in [0.4, 0.5) is 4.39 Å². The minimum absolute atomic E-state index is 0.102. The monoisotopic (exact) mass is 205 g/mol. The number of aliphatic carboxylic acids is 1. The summed E-state index contributed by atoms with van der Waals surface area (Å²) in [5, 5.41) is 15.7. The minimum Gasteiger partial charge on any atom is -0.480 e. The molecule has 0 bridgehead atoms. The van der Waals surface area contributed by atoms with Crippen LogP contribution in [0.25, 0.3) is 0 Å². The highest BCUT2D eigenvalue weighted by molar-refractivity contribution is 5.86. The first-order valence-electron chi connectivity index (χ1n) is 4.36. The summed E-state index contributed by atoms with van der Waals surface area (Å²) in [5.74, 6) is -1.06. The highest BCUT2D eigenvalue weighted by Gasteiger charge is 2.13. The standard InChI is InChI=1S/C8H16FN3O2/c9-4-7(12)5(10)2-1-3-6(11)8(13)14/h6-7,10H,1-4,11-12H2,(H,13,14)/t6-,7?/m0/s1. The lowest BCUT2D eigenvalue weighted by Gasteiger charge is -2.10. The maximum atomic E-state index is 12.0. The summed E-state index contributed by atoms with van der Waals surface area (Å²) in [5.41, 5.74) is 10.6. The van der Waals surface area contributed by atoms with Crippen molar-refractivity contribution in [2.24, 2.45) is 11.5 Å². The number of carbonyl (C=O) groups is 1. The molecule has 0 fully saturated rings. The molecule has 14 heavy (non-hydrogen) atoms. The average Bonchev–Trinajstić information content (AvgIpc) is 2.15. The summed E-state index contributed by atoms with van der Waals surface area (Å²) in [4.78, 5) is 10.3. The van der Waals surface area contributed by atoms with Crippen molar-refractivity contribution in [1.29, 1.82) is 5.41 Å². The summed E-state index contributed by atoms with van der Waals surface area (Å²) in [6.07, 6.45) is 1.02. The molecular formula is C8H16FN3O2. The molecule has 0 rings (SSSR count). The topological polar surface area (TPSA) is 113 Å². The number of carboxylic acid groups (broad SMARTS) is 1. The van der Waals surface area contributed by atoms with Gasteiger partial charge in [0.05, 0.1) is 6.04 Å². The Morgan fingerprint density at radius 1 is 1.43 bits per heavy atom. The van der Waals surface area contributed by atoms with Gasteiger partial charge < -0.3 is 22.0 Å². The van der Waals surface area contributed by atoms with Crippen molar-refractivity contribution in [3.8, 4) is 0 Å². The zero-order valence-corrected chi connectivity index (χ0v) is 7.87. The highest BCUT2D eigenvalue weighted by atomic mass is 19.1. The predicted octanol–water partition coefficient (Wildman–Crippen LogP) is -0.115. The molecule has 82 valence electrons. The fourth-order valence-corrected chi connectivity index (χ4v) is 0.914. The van der Waals surface area contributed by atoms with Crippen LogP contribution in [0.1, 0.15) is 19.3 Å². The summed E-state index contributed by atoms with van der Waals surface area (Å²) >= 11 is 0. The molecule has 0 aliphatic carbocycles. The van der Waals surface area contributed by atoms with Gasteiger partial charge in [0.1, 0.15) is 12.7 Å². The van der Waals surface area contributed by atoms with E-state index in [1.54, 1.807) is 0 Å². The summed E-state index contributed by atoms with van der Waals surface area (Å²) in [6, 6.07) is -1.78. The van der Waals surface area contributed by atoms with E-state index < -0.39 is 24.7 Å². The SMILES string of the molecule is N=C(CCC[C@H](N)C(=O)O)C(N)CF. The lowest BCUT2D eigenvalue weighted by molar-refractivity contribution is -0.138. The van der Waals surface area contributed by atoms with Crippen LogP contribution in [0, 0.1) is 5.41 Å². The molecule has 0 aromatic heterocycles. The second kappa shape index (κ2) is 6.44. The van der Waals surface area contributed by atoms with Crippen molar-refractivity contribution >= 4 is 11.7 Å². The van der Waals surface area contributed by atoms with Gasteiger partial charge in [-0.3, -0.25) is 4.79 Å². The van der Waals surface area contributed by atoms with Crippen molar-refractivity contribution in [1.82, 2.24) is 0 Å². The molecule has 6 heteroatoms. The number of halogens is 1. The second-order valence-electron chi connectivity index (χ2n) is 3.12. The molecule has 6 N–H and O–H groups in total. The number of carboxylic acids is 1. The normalized spacial score (nSPS) is 14.8. The number of alkyl halides is 1. The Labute approximate surface area is 81.8 Å². The first-order valence-corrected chi connectivity index (χ1v) is 4.36. The third kappa shape index (κ3) is 4.88. The second-order valence-corrected chi connectivity index (χ2v) is 3.12. The first kappa shape index (κ1) is 13.0. The van der Waals surface area contributed by atoms with Crippen LogP contribution in [0.5, 0.6) is 0 Å². The van der Waals surface area contributed by atoms with E-state index in [1.165, 1.54) is 0 Å². The molecule has 5 nitrogen and oxygen atoms in total. The third-order valence-electron chi connectivity index (χ3n) is 1.89. The van der Waals surface area contributed by atoms with Crippen LogP contribution in [0.3, 0.4) is 0 Å². The van der Waals surface area contributed by atoms with E-state index in [4.69, 9.17) is 22.0 Å². The molecule has 0 radical (unpaired) electrons. The van der Waals surface area contributed by atoms with Crippen LogP contribution in [0.15, 0.2) is 0 Å². The van der Waals surface area contributed by atoms with Gasteiger partial charge in [0.15, 0.2) is 0 Å². The Hall–Kier alpha value is -1.01. The van der Waals surface area contributed by atoms with Crippen molar-refractivity contribution in [2.45, 2.75) is 31.3 Å². The molecule has 0 spiro atoms. The van der Waals surface area contributed by atoms with Gasteiger partial charge in [-0.25, -0.2) is 4.39 Å². The lowest BCUT2D eigenvalue weighted by Crippen LogP contribution is -2.33. The van der Waals surface area contributed by atoms with Crippen LogP contribution in [0.2, 0.25) is 0 Å². The molecule has 0 aliphatic heterocycles. The minimum atomic E-state index is -1.06. The molecule has 0 amide bonds. The van der Waals surface area contributed by atoms with Gasteiger partial charge in [0, 0.05) is 5.71 Å².